The largest absolute Gasteiger partial charge is 0.322 e. The maximum Gasteiger partial charge on any atom is 0.261 e. The van der Waals surface area contributed by atoms with E-state index in [2.05, 4.69) is 14.9 Å². The van der Waals surface area contributed by atoms with E-state index in [4.69, 9.17) is 4.98 Å². The van der Waals surface area contributed by atoms with Gasteiger partial charge in [-0.1, -0.05) is 29.5 Å². The molecular weight excluding hydrogens is 410 g/mol. The number of benzene rings is 2. The van der Waals surface area contributed by atoms with Crippen LogP contribution in [0, 0.1) is 0 Å². The first-order valence-electron chi connectivity index (χ1n) is 10.4. The molecule has 1 aliphatic heterocycles. The second-order valence-electron chi connectivity index (χ2n) is 7.70. The van der Waals surface area contributed by atoms with Crippen LogP contribution in [-0.4, -0.2) is 25.0 Å². The predicted octanol–water partition coefficient (Wildman–Crippen LogP) is 4.28. The zero-order valence-electron chi connectivity index (χ0n) is 16.9. The van der Waals surface area contributed by atoms with Crippen LogP contribution in [0.4, 0.5) is 5.69 Å². The summed E-state index contributed by atoms with van der Waals surface area (Å²) in [6.45, 7) is 0.715. The third-order valence-corrected chi connectivity index (χ3v) is 6.13. The van der Waals surface area contributed by atoms with Crippen molar-refractivity contribution in [2.75, 3.05) is 5.32 Å². The molecule has 4 aromatic rings. The van der Waals surface area contributed by atoms with Crippen molar-refractivity contribution in [3.8, 4) is 11.3 Å². The molecule has 1 amide bonds. The normalized spacial score (nSPS) is 13.9. The number of hydrogen-bond donors (Lipinski definition) is 1. The average Bonchev–Trinajstić information content (AvgIpc) is 3.30. The van der Waals surface area contributed by atoms with Crippen molar-refractivity contribution in [3.05, 3.63) is 69.6 Å². The Morgan fingerprint density at radius 1 is 1.03 bits per heavy atom. The third-order valence-electron chi connectivity index (χ3n) is 5.63. The molecular formula is C23H21N5O2S. The number of carbonyl (C=O) groups is 1. The van der Waals surface area contributed by atoms with Gasteiger partial charge in [0.1, 0.15) is 11.5 Å². The fraction of sp³-hybridized carbons (Fsp3) is 0.261. The van der Waals surface area contributed by atoms with Crippen LogP contribution in [0.1, 0.15) is 41.9 Å². The van der Waals surface area contributed by atoms with E-state index in [9.17, 15) is 9.59 Å². The number of nitrogens with zero attached hydrogens (tertiary/aromatic N) is 4. The number of fused-ring (bicyclic) bond motifs is 2. The van der Waals surface area contributed by atoms with E-state index in [1.807, 2.05) is 29.6 Å². The van der Waals surface area contributed by atoms with Gasteiger partial charge >= 0.3 is 0 Å². The van der Waals surface area contributed by atoms with Crippen LogP contribution in [0.15, 0.2) is 52.6 Å². The molecule has 5 rings (SSSR count). The van der Waals surface area contributed by atoms with Gasteiger partial charge in [-0.2, -0.15) is 0 Å². The van der Waals surface area contributed by atoms with Crippen LogP contribution in [0.2, 0.25) is 0 Å². The molecule has 0 saturated carbocycles. The Kier molecular flexibility index (Phi) is 5.30. The fourth-order valence-electron chi connectivity index (χ4n) is 3.95. The van der Waals surface area contributed by atoms with Crippen molar-refractivity contribution in [3.63, 3.8) is 0 Å². The molecule has 1 aliphatic rings. The Bertz CT molecular complexity index is 1300. The third kappa shape index (κ3) is 3.98. The number of nitrogens with one attached hydrogen (secondary N) is 1. The number of amides is 1. The van der Waals surface area contributed by atoms with Gasteiger partial charge in [-0.15, -0.1) is 5.10 Å². The lowest BCUT2D eigenvalue weighted by molar-refractivity contribution is 0.102. The molecule has 0 unspecified atom stereocenters. The molecule has 1 N–H and O–H groups in total. The van der Waals surface area contributed by atoms with E-state index in [0.717, 1.165) is 49.2 Å². The molecule has 0 fully saturated rings. The van der Waals surface area contributed by atoms with Crippen molar-refractivity contribution in [2.24, 2.45) is 0 Å². The van der Waals surface area contributed by atoms with Gasteiger partial charge in [0.25, 0.3) is 11.5 Å². The van der Waals surface area contributed by atoms with E-state index in [1.165, 1.54) is 11.5 Å². The molecule has 2 aromatic carbocycles. The number of anilines is 1. The first-order chi connectivity index (χ1) is 15.2. The summed E-state index contributed by atoms with van der Waals surface area (Å²) >= 11 is 1.30. The van der Waals surface area contributed by atoms with Crippen LogP contribution in [0.3, 0.4) is 0 Å². The van der Waals surface area contributed by atoms with Gasteiger partial charge in [-0.3, -0.25) is 14.2 Å². The van der Waals surface area contributed by atoms with E-state index in [-0.39, 0.29) is 11.5 Å². The summed E-state index contributed by atoms with van der Waals surface area (Å²) in [6.07, 6.45) is 5.13. The summed E-state index contributed by atoms with van der Waals surface area (Å²) in [5, 5.41) is 9.39. The number of hydrogen-bond acceptors (Lipinski definition) is 6. The molecule has 0 radical (unpaired) electrons. The van der Waals surface area contributed by atoms with Gasteiger partial charge in [0.2, 0.25) is 0 Å². The molecule has 0 aliphatic carbocycles. The fourth-order valence-corrected chi connectivity index (χ4v) is 4.42. The Morgan fingerprint density at radius 2 is 1.87 bits per heavy atom. The second kappa shape index (κ2) is 8.39. The van der Waals surface area contributed by atoms with Gasteiger partial charge in [0.05, 0.1) is 10.9 Å². The predicted molar refractivity (Wildman–Crippen MR) is 121 cm³/mol. The van der Waals surface area contributed by atoms with Crippen molar-refractivity contribution in [1.82, 2.24) is 19.1 Å². The van der Waals surface area contributed by atoms with Gasteiger partial charge in [-0.05, 0) is 54.7 Å². The van der Waals surface area contributed by atoms with Crippen molar-refractivity contribution in [2.45, 2.75) is 38.6 Å². The lowest BCUT2D eigenvalue weighted by Gasteiger charge is -2.16. The standard InChI is InChI=1S/C23H21N5O2S/c29-22(24-17-9-6-15(7-10-17)20-14-31-27-26-20)16-8-11-18-19(13-16)25-21-5-3-1-2-4-12-28(21)23(18)30/h6-11,13-14H,1-5,12H2,(H,24,29). The quantitative estimate of drug-likeness (QED) is 0.523. The molecule has 31 heavy (non-hydrogen) atoms. The molecule has 2 aromatic heterocycles. The highest BCUT2D eigenvalue weighted by atomic mass is 32.1. The molecule has 0 bridgehead atoms. The smallest absolute Gasteiger partial charge is 0.261 e. The second-order valence-corrected chi connectivity index (χ2v) is 8.31. The minimum absolute atomic E-state index is 0.0130. The Balaban J connectivity index is 1.41. The van der Waals surface area contributed by atoms with Gasteiger partial charge in [0, 0.05) is 35.2 Å². The van der Waals surface area contributed by atoms with Gasteiger partial charge < -0.3 is 5.32 Å². The van der Waals surface area contributed by atoms with Gasteiger partial charge in [-0.25, -0.2) is 4.98 Å². The van der Waals surface area contributed by atoms with Crippen LogP contribution >= 0.6 is 11.5 Å². The number of aromatic nitrogens is 4. The molecule has 8 heteroatoms. The Morgan fingerprint density at radius 3 is 2.68 bits per heavy atom. The van der Waals surface area contributed by atoms with Crippen LogP contribution < -0.4 is 10.9 Å². The van der Waals surface area contributed by atoms with E-state index < -0.39 is 0 Å². The minimum Gasteiger partial charge on any atom is -0.322 e. The molecule has 156 valence electrons. The summed E-state index contributed by atoms with van der Waals surface area (Å²) in [5.41, 5.74) is 3.48. The summed E-state index contributed by atoms with van der Waals surface area (Å²) in [5.74, 6) is 0.584. The highest BCUT2D eigenvalue weighted by molar-refractivity contribution is 7.03. The van der Waals surface area contributed by atoms with Crippen LogP contribution in [-0.2, 0) is 13.0 Å². The van der Waals surface area contributed by atoms with Crippen LogP contribution in [0.25, 0.3) is 22.2 Å². The van der Waals surface area contributed by atoms with E-state index in [0.29, 0.717) is 28.7 Å². The first-order valence-corrected chi connectivity index (χ1v) is 11.2. The summed E-state index contributed by atoms with van der Waals surface area (Å²) < 4.78 is 5.68. The molecule has 0 saturated heterocycles. The van der Waals surface area contributed by atoms with Crippen molar-refractivity contribution >= 4 is 34.0 Å². The first kappa shape index (κ1) is 19.6. The maximum atomic E-state index is 13.0. The zero-order valence-corrected chi connectivity index (χ0v) is 17.7. The lowest BCUT2D eigenvalue weighted by Crippen LogP contribution is -2.26. The number of rotatable bonds is 3. The highest BCUT2D eigenvalue weighted by Gasteiger charge is 2.15. The van der Waals surface area contributed by atoms with E-state index in [1.54, 1.807) is 22.8 Å². The van der Waals surface area contributed by atoms with Crippen LogP contribution in [0.5, 0.6) is 0 Å². The Hall–Kier alpha value is -3.39. The zero-order chi connectivity index (χ0) is 21.2. The monoisotopic (exact) mass is 431 g/mol. The Labute approximate surface area is 182 Å². The lowest BCUT2D eigenvalue weighted by atomic mass is 10.1. The van der Waals surface area contributed by atoms with E-state index >= 15 is 0 Å². The minimum atomic E-state index is -0.237. The van der Waals surface area contributed by atoms with Gasteiger partial charge in [0.15, 0.2) is 0 Å². The molecule has 0 atom stereocenters. The summed E-state index contributed by atoms with van der Waals surface area (Å²) in [7, 11) is 0. The average molecular weight is 432 g/mol. The number of carbonyl (C=O) groups excluding carboxylic acids is 1. The summed E-state index contributed by atoms with van der Waals surface area (Å²) in [6, 6.07) is 12.6. The SMILES string of the molecule is O=C(Nc1ccc(-c2csnn2)cc1)c1ccc2c(=O)n3c(nc2c1)CCCCCC3. The summed E-state index contributed by atoms with van der Waals surface area (Å²) in [4.78, 5) is 30.5. The maximum absolute atomic E-state index is 13.0. The highest BCUT2D eigenvalue weighted by Crippen LogP contribution is 2.21. The topological polar surface area (TPSA) is 89.8 Å². The van der Waals surface area contributed by atoms with Crippen molar-refractivity contribution < 1.29 is 4.79 Å². The molecule has 0 spiro atoms. The van der Waals surface area contributed by atoms with Crippen molar-refractivity contribution in [1.29, 1.82) is 0 Å². The number of aryl methyl sites for hydroxylation is 1. The molecule has 3 heterocycles. The molecule has 7 nitrogen and oxygen atoms in total.